The van der Waals surface area contributed by atoms with Crippen molar-refractivity contribution < 1.29 is 9.26 Å². The van der Waals surface area contributed by atoms with Crippen molar-refractivity contribution in [3.8, 4) is 11.4 Å². The lowest BCUT2D eigenvalue weighted by Crippen LogP contribution is -2.37. The van der Waals surface area contributed by atoms with Crippen LogP contribution in [0.4, 0.5) is 5.69 Å². The molecular formula is C29H30ClN5O2. The summed E-state index contributed by atoms with van der Waals surface area (Å²) in [5.41, 5.74) is 4.93. The number of ether oxygens (including phenoxy) is 1. The Morgan fingerprint density at radius 3 is 2.59 bits per heavy atom. The minimum atomic E-state index is 0.257. The molecule has 3 heterocycles. The largest absolute Gasteiger partial charge is 0.381 e. The second-order valence-corrected chi connectivity index (χ2v) is 9.53. The van der Waals surface area contributed by atoms with Crippen LogP contribution in [-0.2, 0) is 4.74 Å². The zero-order valence-corrected chi connectivity index (χ0v) is 22.1. The van der Waals surface area contributed by atoms with Gasteiger partial charge >= 0.3 is 0 Å². The van der Waals surface area contributed by atoms with Gasteiger partial charge in [-0.25, -0.2) is 4.99 Å². The highest BCUT2D eigenvalue weighted by Crippen LogP contribution is 2.34. The standard InChI is InChI=1S/C29H30ClN5O2/c1-4-21-16-23(26-11-10-22(17-27(26)30)28-33-20(3)37-34-28)18-35(25-8-6-5-7-9-25)29(21)32-19(2)31-24-12-14-36-15-13-24/h4-11,16-17,24H,12-15,18H2,1-3H3/b21-4-,31-19?,32-29?. The molecule has 2 aromatic carbocycles. The average molecular weight is 516 g/mol. The summed E-state index contributed by atoms with van der Waals surface area (Å²) in [6, 6.07) is 16.4. The number of anilines is 1. The molecule has 1 fully saturated rings. The first-order valence-corrected chi connectivity index (χ1v) is 12.9. The summed E-state index contributed by atoms with van der Waals surface area (Å²) in [6.45, 7) is 7.91. The number of aliphatic imine (C=N–C) groups is 2. The lowest BCUT2D eigenvalue weighted by Gasteiger charge is -2.32. The Morgan fingerprint density at radius 1 is 1.14 bits per heavy atom. The highest BCUT2D eigenvalue weighted by Gasteiger charge is 2.26. The van der Waals surface area contributed by atoms with E-state index in [4.69, 9.17) is 30.8 Å². The van der Waals surface area contributed by atoms with Gasteiger partial charge in [-0.3, -0.25) is 4.99 Å². The van der Waals surface area contributed by atoms with Gasteiger partial charge in [-0.15, -0.1) is 0 Å². The molecule has 1 saturated heterocycles. The number of benzene rings is 2. The van der Waals surface area contributed by atoms with E-state index < -0.39 is 0 Å². The molecular weight excluding hydrogens is 486 g/mol. The van der Waals surface area contributed by atoms with E-state index in [1.807, 2.05) is 50.2 Å². The first kappa shape index (κ1) is 25.1. The predicted molar refractivity (Wildman–Crippen MR) is 149 cm³/mol. The van der Waals surface area contributed by atoms with Gasteiger partial charge in [0.15, 0.2) is 0 Å². The summed E-state index contributed by atoms with van der Waals surface area (Å²) < 4.78 is 10.6. The fourth-order valence-electron chi connectivity index (χ4n) is 4.61. The van der Waals surface area contributed by atoms with Crippen LogP contribution in [0.25, 0.3) is 17.0 Å². The SMILES string of the molecule is C/C=C1/C=C(c2ccc(-c3noc(C)n3)cc2Cl)CN(c2ccccc2)C1=NC(C)=NC1CCOCC1. The maximum absolute atomic E-state index is 6.81. The van der Waals surface area contributed by atoms with E-state index in [-0.39, 0.29) is 6.04 Å². The van der Waals surface area contributed by atoms with Gasteiger partial charge in [-0.1, -0.05) is 53.2 Å². The van der Waals surface area contributed by atoms with Crippen LogP contribution in [0.1, 0.15) is 38.1 Å². The number of allylic oxidation sites excluding steroid dienone is 1. The van der Waals surface area contributed by atoms with Gasteiger partial charge in [0.1, 0.15) is 11.7 Å². The predicted octanol–water partition coefficient (Wildman–Crippen LogP) is 6.54. The third kappa shape index (κ3) is 5.73. The van der Waals surface area contributed by atoms with E-state index in [9.17, 15) is 0 Å². The van der Waals surface area contributed by atoms with Crippen LogP contribution in [0.2, 0.25) is 5.02 Å². The van der Waals surface area contributed by atoms with Crippen molar-refractivity contribution in [3.05, 3.63) is 82.7 Å². The second-order valence-electron chi connectivity index (χ2n) is 9.12. The molecule has 0 bridgehead atoms. The number of hydrogen-bond donors (Lipinski definition) is 0. The van der Waals surface area contributed by atoms with Gasteiger partial charge in [0.05, 0.1) is 12.6 Å². The number of aromatic nitrogens is 2. The summed E-state index contributed by atoms with van der Waals surface area (Å²) >= 11 is 6.81. The Balaban J connectivity index is 1.53. The molecule has 0 amide bonds. The highest BCUT2D eigenvalue weighted by atomic mass is 35.5. The number of hydrogen-bond acceptors (Lipinski definition) is 5. The monoisotopic (exact) mass is 515 g/mol. The summed E-state index contributed by atoms with van der Waals surface area (Å²) in [4.78, 5) is 16.5. The normalized spacial score (nSPS) is 19.5. The minimum Gasteiger partial charge on any atom is -0.381 e. The average Bonchev–Trinajstić information content (AvgIpc) is 3.36. The van der Waals surface area contributed by atoms with Gasteiger partial charge in [-0.2, -0.15) is 4.98 Å². The van der Waals surface area contributed by atoms with E-state index >= 15 is 0 Å². The van der Waals surface area contributed by atoms with Gasteiger partial charge in [0.2, 0.25) is 11.7 Å². The summed E-state index contributed by atoms with van der Waals surface area (Å²) in [5, 5.41) is 4.65. The van der Waals surface area contributed by atoms with E-state index in [0.717, 1.165) is 65.7 Å². The zero-order chi connectivity index (χ0) is 25.8. The maximum atomic E-state index is 6.81. The van der Waals surface area contributed by atoms with E-state index in [1.165, 1.54) is 0 Å². The van der Waals surface area contributed by atoms with Gasteiger partial charge < -0.3 is 14.2 Å². The van der Waals surface area contributed by atoms with Crippen molar-refractivity contribution in [3.63, 3.8) is 0 Å². The Kier molecular flexibility index (Phi) is 7.63. The highest BCUT2D eigenvalue weighted by molar-refractivity contribution is 6.33. The van der Waals surface area contributed by atoms with Crippen molar-refractivity contribution in [2.45, 2.75) is 39.7 Å². The molecule has 3 aromatic rings. The number of halogens is 1. The smallest absolute Gasteiger partial charge is 0.223 e. The first-order chi connectivity index (χ1) is 18.0. The molecule has 0 spiro atoms. The third-order valence-electron chi connectivity index (χ3n) is 6.48. The second kappa shape index (κ2) is 11.2. The van der Waals surface area contributed by atoms with E-state index in [0.29, 0.717) is 23.3 Å². The Hall–Kier alpha value is -3.55. The van der Waals surface area contributed by atoms with Crippen molar-refractivity contribution in [2.24, 2.45) is 9.98 Å². The van der Waals surface area contributed by atoms with E-state index in [2.05, 4.69) is 39.3 Å². The topological polar surface area (TPSA) is 76.1 Å². The molecule has 2 aliphatic heterocycles. The molecule has 0 radical (unpaired) electrons. The van der Waals surface area contributed by atoms with Crippen LogP contribution in [0.15, 0.2) is 80.8 Å². The van der Waals surface area contributed by atoms with Gasteiger partial charge in [0.25, 0.3) is 0 Å². The molecule has 0 unspecified atom stereocenters. The Labute approximate surface area is 222 Å². The van der Waals surface area contributed by atoms with Crippen LogP contribution in [0.3, 0.4) is 0 Å². The third-order valence-corrected chi connectivity index (χ3v) is 6.79. The summed E-state index contributed by atoms with van der Waals surface area (Å²) in [7, 11) is 0. The van der Waals surface area contributed by atoms with Crippen LogP contribution in [-0.4, -0.2) is 47.6 Å². The minimum absolute atomic E-state index is 0.257. The van der Waals surface area contributed by atoms with Gasteiger partial charge in [-0.05, 0) is 62.1 Å². The number of amidine groups is 2. The molecule has 0 atom stereocenters. The van der Waals surface area contributed by atoms with Crippen molar-refractivity contribution in [1.29, 1.82) is 0 Å². The van der Waals surface area contributed by atoms with E-state index in [1.54, 1.807) is 6.92 Å². The molecule has 190 valence electrons. The number of rotatable bonds is 4. The van der Waals surface area contributed by atoms with Crippen molar-refractivity contribution in [2.75, 3.05) is 24.7 Å². The molecule has 5 rings (SSSR count). The first-order valence-electron chi connectivity index (χ1n) is 12.5. The van der Waals surface area contributed by atoms with Crippen LogP contribution in [0.5, 0.6) is 0 Å². The molecule has 1 aromatic heterocycles. The molecule has 37 heavy (non-hydrogen) atoms. The van der Waals surface area contributed by atoms with Gasteiger partial charge in [0, 0.05) is 42.0 Å². The number of nitrogens with zero attached hydrogens (tertiary/aromatic N) is 5. The lowest BCUT2D eigenvalue weighted by atomic mass is 9.95. The summed E-state index contributed by atoms with van der Waals surface area (Å²) in [6.07, 6.45) is 6.12. The molecule has 0 saturated carbocycles. The molecule has 7 nitrogen and oxygen atoms in total. The number of para-hydroxylation sites is 1. The maximum Gasteiger partial charge on any atom is 0.223 e. The van der Waals surface area contributed by atoms with Crippen molar-refractivity contribution in [1.82, 2.24) is 10.1 Å². The summed E-state index contributed by atoms with van der Waals surface area (Å²) in [5.74, 6) is 2.69. The van der Waals surface area contributed by atoms with Crippen LogP contribution >= 0.6 is 11.6 Å². The van der Waals surface area contributed by atoms with Crippen LogP contribution in [0, 0.1) is 6.92 Å². The van der Waals surface area contributed by atoms with Crippen molar-refractivity contribution >= 4 is 34.5 Å². The fourth-order valence-corrected chi connectivity index (χ4v) is 4.91. The van der Waals surface area contributed by atoms with Crippen LogP contribution < -0.4 is 4.90 Å². The fraction of sp³-hybridized carbons (Fsp3) is 0.310. The zero-order valence-electron chi connectivity index (χ0n) is 21.3. The molecule has 2 aliphatic rings. The molecule has 8 heteroatoms. The number of aryl methyl sites for hydroxylation is 1. The molecule has 0 N–H and O–H groups in total. The quantitative estimate of drug-likeness (QED) is 0.291. The molecule has 0 aliphatic carbocycles. The Bertz CT molecular complexity index is 1380. The Morgan fingerprint density at radius 2 is 1.92 bits per heavy atom. The lowest BCUT2D eigenvalue weighted by molar-refractivity contribution is 0.0871.